The van der Waals surface area contributed by atoms with Crippen LogP contribution < -0.4 is 15.5 Å². The van der Waals surface area contributed by atoms with Crippen LogP contribution in [0.25, 0.3) is 0 Å². The zero-order valence-electron chi connectivity index (χ0n) is 18.8. The minimum atomic E-state index is 0. The van der Waals surface area contributed by atoms with Gasteiger partial charge in [0.05, 0.1) is 12.7 Å². The first-order chi connectivity index (χ1) is 14.1. The molecule has 2 fully saturated rings. The largest absolute Gasteiger partial charge is 0.375 e. The summed E-state index contributed by atoms with van der Waals surface area (Å²) in [4.78, 5) is 13.8. The smallest absolute Gasteiger partial charge is 0.191 e. The molecule has 2 aliphatic rings. The summed E-state index contributed by atoms with van der Waals surface area (Å²) in [6.07, 6.45) is 5.97. The predicted molar refractivity (Wildman–Crippen MR) is 135 cm³/mol. The number of nitrogens with one attached hydrogen (secondary N) is 2. The van der Waals surface area contributed by atoms with Gasteiger partial charge in [-0.05, 0) is 69.4 Å². The second kappa shape index (κ2) is 13.3. The van der Waals surface area contributed by atoms with Crippen molar-refractivity contribution >= 4 is 35.8 Å². The summed E-state index contributed by atoms with van der Waals surface area (Å²) >= 11 is 0. The molecular weight excluding hydrogens is 491 g/mol. The Kier molecular flexibility index (Phi) is 11.2. The van der Waals surface area contributed by atoms with E-state index in [0.29, 0.717) is 0 Å². The minimum Gasteiger partial charge on any atom is -0.375 e. The fraction of sp³-hybridized carbons (Fsp3) is 0.727. The number of rotatable bonds is 7. The number of hydrogen-bond acceptors (Lipinski definition) is 5. The molecule has 8 heteroatoms. The fourth-order valence-electron chi connectivity index (χ4n) is 3.97. The molecule has 170 valence electrons. The van der Waals surface area contributed by atoms with Gasteiger partial charge in [-0.15, -0.1) is 24.0 Å². The van der Waals surface area contributed by atoms with Crippen molar-refractivity contribution in [3.63, 3.8) is 0 Å². The third-order valence-electron chi connectivity index (χ3n) is 5.88. The van der Waals surface area contributed by atoms with Crippen molar-refractivity contribution in [2.75, 3.05) is 57.8 Å². The Labute approximate surface area is 199 Å². The SMILES string of the molecule is CN=C(NCCCN1CCC(C)CC1)NCc1ccnc(N2CCOC(C)C2)c1.I. The van der Waals surface area contributed by atoms with E-state index in [0.717, 1.165) is 56.9 Å². The number of ether oxygens (including phenoxy) is 1. The van der Waals surface area contributed by atoms with Crippen LogP contribution in [0.1, 0.15) is 38.7 Å². The molecule has 7 nitrogen and oxygen atoms in total. The van der Waals surface area contributed by atoms with E-state index in [1.54, 1.807) is 0 Å². The Morgan fingerprint density at radius 1 is 1.23 bits per heavy atom. The number of nitrogens with zero attached hydrogens (tertiary/aromatic N) is 4. The van der Waals surface area contributed by atoms with Gasteiger partial charge in [-0.25, -0.2) is 4.98 Å². The number of aromatic nitrogens is 1. The third kappa shape index (κ3) is 8.19. The highest BCUT2D eigenvalue weighted by molar-refractivity contribution is 14.0. The number of aliphatic imine (C=N–C) groups is 1. The van der Waals surface area contributed by atoms with Gasteiger partial charge in [-0.2, -0.15) is 0 Å². The van der Waals surface area contributed by atoms with Gasteiger partial charge in [0.25, 0.3) is 0 Å². The molecule has 0 radical (unpaired) electrons. The van der Waals surface area contributed by atoms with Crippen LogP contribution >= 0.6 is 24.0 Å². The number of morpholine rings is 1. The average Bonchev–Trinajstić information content (AvgIpc) is 2.75. The summed E-state index contributed by atoms with van der Waals surface area (Å²) in [5.74, 6) is 2.78. The van der Waals surface area contributed by atoms with Gasteiger partial charge in [0.15, 0.2) is 5.96 Å². The topological polar surface area (TPSA) is 65.0 Å². The summed E-state index contributed by atoms with van der Waals surface area (Å²) in [5, 5.41) is 6.86. The van der Waals surface area contributed by atoms with E-state index in [1.807, 2.05) is 13.2 Å². The van der Waals surface area contributed by atoms with Crippen molar-refractivity contribution in [3.8, 4) is 0 Å². The minimum absolute atomic E-state index is 0. The zero-order valence-corrected chi connectivity index (χ0v) is 21.1. The van der Waals surface area contributed by atoms with E-state index in [4.69, 9.17) is 4.74 Å². The molecule has 0 spiro atoms. The van der Waals surface area contributed by atoms with E-state index in [2.05, 4.69) is 56.4 Å². The van der Waals surface area contributed by atoms with Crippen LogP contribution in [0.4, 0.5) is 5.82 Å². The maximum absolute atomic E-state index is 5.63. The molecule has 2 saturated heterocycles. The highest BCUT2D eigenvalue weighted by Crippen LogP contribution is 2.17. The number of anilines is 1. The van der Waals surface area contributed by atoms with Crippen LogP contribution in [0.5, 0.6) is 0 Å². The molecule has 0 saturated carbocycles. The van der Waals surface area contributed by atoms with Crippen LogP contribution in [0, 0.1) is 5.92 Å². The summed E-state index contributed by atoms with van der Waals surface area (Å²) in [5.41, 5.74) is 1.21. The molecule has 0 amide bonds. The van der Waals surface area contributed by atoms with Gasteiger partial charge in [0.1, 0.15) is 5.82 Å². The molecule has 0 bridgehead atoms. The van der Waals surface area contributed by atoms with Gasteiger partial charge in [-0.3, -0.25) is 4.99 Å². The van der Waals surface area contributed by atoms with Crippen LogP contribution in [0.2, 0.25) is 0 Å². The van der Waals surface area contributed by atoms with E-state index >= 15 is 0 Å². The Balaban J connectivity index is 0.00000320. The van der Waals surface area contributed by atoms with Gasteiger partial charge in [0.2, 0.25) is 0 Å². The van der Waals surface area contributed by atoms with Gasteiger partial charge >= 0.3 is 0 Å². The first-order valence-electron chi connectivity index (χ1n) is 11.1. The summed E-state index contributed by atoms with van der Waals surface area (Å²) < 4.78 is 5.63. The Morgan fingerprint density at radius 2 is 2.03 bits per heavy atom. The number of piperidine rings is 1. The number of likely N-dealkylation sites (tertiary alicyclic amines) is 1. The molecule has 2 aliphatic heterocycles. The molecule has 3 heterocycles. The summed E-state index contributed by atoms with van der Waals surface area (Å²) in [6.45, 7) is 12.4. The second-order valence-electron chi connectivity index (χ2n) is 8.38. The fourth-order valence-corrected chi connectivity index (χ4v) is 3.97. The van der Waals surface area contributed by atoms with Crippen molar-refractivity contribution in [2.45, 2.75) is 45.8 Å². The standard InChI is InChI=1S/C22H38N6O.HI/c1-18-6-11-27(12-7-18)10-4-8-25-22(23-3)26-16-20-5-9-24-21(15-20)28-13-14-29-19(2)17-28;/h5,9,15,18-19H,4,6-8,10-14,16-17H2,1-3H3,(H2,23,25,26);1H. The highest BCUT2D eigenvalue weighted by Gasteiger charge is 2.18. The number of hydrogen-bond donors (Lipinski definition) is 2. The molecule has 3 rings (SSSR count). The van der Waals surface area contributed by atoms with E-state index in [-0.39, 0.29) is 30.1 Å². The van der Waals surface area contributed by atoms with Crippen LogP contribution in [0.3, 0.4) is 0 Å². The lowest BCUT2D eigenvalue weighted by Gasteiger charge is -2.32. The third-order valence-corrected chi connectivity index (χ3v) is 5.88. The molecule has 2 N–H and O–H groups in total. The Bertz CT molecular complexity index is 650. The van der Waals surface area contributed by atoms with E-state index in [1.165, 1.54) is 38.0 Å². The second-order valence-corrected chi connectivity index (χ2v) is 8.38. The molecule has 1 atom stereocenters. The van der Waals surface area contributed by atoms with Crippen LogP contribution in [-0.2, 0) is 11.3 Å². The summed E-state index contributed by atoms with van der Waals surface area (Å²) in [6, 6.07) is 4.22. The lowest BCUT2D eigenvalue weighted by atomic mass is 9.99. The maximum atomic E-state index is 5.63. The number of halogens is 1. The monoisotopic (exact) mass is 530 g/mol. The van der Waals surface area contributed by atoms with Crippen molar-refractivity contribution < 1.29 is 4.74 Å². The lowest BCUT2D eigenvalue weighted by Crippen LogP contribution is -2.41. The predicted octanol–water partition coefficient (Wildman–Crippen LogP) is 2.71. The van der Waals surface area contributed by atoms with Crippen LogP contribution in [-0.4, -0.2) is 74.9 Å². The van der Waals surface area contributed by atoms with Gasteiger partial charge in [0, 0.05) is 39.4 Å². The number of guanidine groups is 1. The van der Waals surface area contributed by atoms with E-state index < -0.39 is 0 Å². The molecule has 0 aliphatic carbocycles. The van der Waals surface area contributed by atoms with Gasteiger partial charge in [-0.1, -0.05) is 6.92 Å². The first-order valence-corrected chi connectivity index (χ1v) is 11.1. The summed E-state index contributed by atoms with van der Waals surface area (Å²) in [7, 11) is 1.83. The molecule has 30 heavy (non-hydrogen) atoms. The normalized spacial score (nSPS) is 21.2. The van der Waals surface area contributed by atoms with E-state index in [9.17, 15) is 0 Å². The van der Waals surface area contributed by atoms with Crippen molar-refractivity contribution in [1.82, 2.24) is 20.5 Å². The van der Waals surface area contributed by atoms with Crippen LogP contribution in [0.15, 0.2) is 23.3 Å². The maximum Gasteiger partial charge on any atom is 0.191 e. The number of pyridine rings is 1. The Hall–Kier alpha value is -1.13. The molecule has 0 aromatic carbocycles. The van der Waals surface area contributed by atoms with Crippen molar-refractivity contribution in [3.05, 3.63) is 23.9 Å². The first kappa shape index (κ1) is 25.1. The van der Waals surface area contributed by atoms with Crippen molar-refractivity contribution in [1.29, 1.82) is 0 Å². The molecule has 1 unspecified atom stereocenters. The van der Waals surface area contributed by atoms with Gasteiger partial charge < -0.3 is 25.2 Å². The van der Waals surface area contributed by atoms with Crippen molar-refractivity contribution in [2.24, 2.45) is 10.9 Å². The molecule has 1 aromatic rings. The average molecular weight is 530 g/mol. The molecular formula is C22H39IN6O. The zero-order chi connectivity index (χ0) is 20.5. The Morgan fingerprint density at radius 3 is 2.77 bits per heavy atom. The quantitative estimate of drug-likeness (QED) is 0.245. The lowest BCUT2D eigenvalue weighted by molar-refractivity contribution is 0.0529. The molecule has 1 aromatic heterocycles. The highest BCUT2D eigenvalue weighted by atomic mass is 127.